The summed E-state index contributed by atoms with van der Waals surface area (Å²) in [7, 11) is 0. The molecule has 96 valence electrons. The molecule has 0 spiro atoms. The second kappa shape index (κ2) is 9.95. The molecule has 0 atom stereocenters. The van der Waals surface area contributed by atoms with Crippen molar-refractivity contribution >= 4 is 17.9 Å². The van der Waals surface area contributed by atoms with Crippen molar-refractivity contribution in [2.45, 2.75) is 41.0 Å². The van der Waals surface area contributed by atoms with Crippen LogP contribution in [0.1, 0.15) is 41.0 Å². The number of hydrogen-bond donors (Lipinski definition) is 3. The van der Waals surface area contributed by atoms with E-state index >= 15 is 0 Å². The molecule has 6 nitrogen and oxygen atoms in total. The molecule has 0 fully saturated rings. The van der Waals surface area contributed by atoms with Crippen LogP contribution in [0.4, 0.5) is 0 Å². The van der Waals surface area contributed by atoms with Crippen LogP contribution in [0.3, 0.4) is 0 Å². The number of hydrogen-bond acceptors (Lipinski definition) is 3. The first kappa shape index (κ1) is 19.9. The van der Waals surface area contributed by atoms with Gasteiger partial charge in [-0.2, -0.15) is 0 Å². The minimum absolute atomic E-state index is 0.222. The van der Waals surface area contributed by atoms with Gasteiger partial charge in [0.25, 0.3) is 5.97 Å². The van der Waals surface area contributed by atoms with Gasteiger partial charge >= 0.3 is 11.9 Å². The fourth-order valence-electron chi connectivity index (χ4n) is 0. The van der Waals surface area contributed by atoms with E-state index in [1.807, 2.05) is 0 Å². The van der Waals surface area contributed by atoms with Crippen molar-refractivity contribution in [1.29, 1.82) is 0 Å². The fraction of sp³-hybridized carbons (Fsp3) is 0.700. The summed E-state index contributed by atoms with van der Waals surface area (Å²) in [6.07, 6.45) is 0.222. The SMILES string of the molecule is CC(=O)O.CC(C)(C)C(=O)O.CCC(=O)O. The highest BCUT2D eigenvalue weighted by molar-refractivity contribution is 5.72. The molecular weight excluding hydrogens is 216 g/mol. The number of carbonyl (C=O) groups is 3. The van der Waals surface area contributed by atoms with E-state index in [4.69, 9.17) is 20.1 Å². The van der Waals surface area contributed by atoms with E-state index < -0.39 is 23.3 Å². The second-order valence-electron chi connectivity index (χ2n) is 3.82. The highest BCUT2D eigenvalue weighted by Gasteiger charge is 2.18. The third-order valence-corrected chi connectivity index (χ3v) is 0.944. The molecule has 0 aliphatic carbocycles. The topological polar surface area (TPSA) is 112 Å². The molecule has 0 unspecified atom stereocenters. The summed E-state index contributed by atoms with van der Waals surface area (Å²) in [5, 5.41) is 23.4. The molecule has 0 saturated heterocycles. The van der Waals surface area contributed by atoms with E-state index in [1.165, 1.54) is 0 Å². The van der Waals surface area contributed by atoms with Gasteiger partial charge in [0.2, 0.25) is 0 Å². The van der Waals surface area contributed by atoms with Crippen molar-refractivity contribution in [3.8, 4) is 0 Å². The lowest BCUT2D eigenvalue weighted by atomic mass is 9.98. The Morgan fingerprint density at radius 3 is 1.12 bits per heavy atom. The average molecular weight is 236 g/mol. The predicted octanol–water partition coefficient (Wildman–Crippen LogP) is 1.69. The number of carboxylic acids is 3. The molecule has 0 aromatic heterocycles. The van der Waals surface area contributed by atoms with Crippen molar-refractivity contribution in [2.24, 2.45) is 5.41 Å². The maximum absolute atomic E-state index is 10.0. The molecule has 0 aliphatic heterocycles. The van der Waals surface area contributed by atoms with E-state index in [0.717, 1.165) is 6.92 Å². The summed E-state index contributed by atoms with van der Waals surface area (Å²) in [6.45, 7) is 7.67. The minimum atomic E-state index is -0.833. The molecule has 0 aliphatic rings. The lowest BCUT2D eigenvalue weighted by molar-refractivity contribution is -0.146. The lowest BCUT2D eigenvalue weighted by Crippen LogP contribution is -2.18. The summed E-state index contributed by atoms with van der Waals surface area (Å²) in [6, 6.07) is 0. The van der Waals surface area contributed by atoms with Crippen molar-refractivity contribution in [3.63, 3.8) is 0 Å². The van der Waals surface area contributed by atoms with Gasteiger partial charge in [0.1, 0.15) is 0 Å². The monoisotopic (exact) mass is 236 g/mol. The van der Waals surface area contributed by atoms with Crippen molar-refractivity contribution in [2.75, 3.05) is 0 Å². The molecule has 0 aromatic rings. The van der Waals surface area contributed by atoms with Crippen LogP contribution in [0, 0.1) is 5.41 Å². The van der Waals surface area contributed by atoms with Gasteiger partial charge < -0.3 is 15.3 Å². The first-order valence-electron chi connectivity index (χ1n) is 4.59. The lowest BCUT2D eigenvalue weighted by Gasteiger charge is -2.08. The van der Waals surface area contributed by atoms with Gasteiger partial charge in [-0.15, -0.1) is 0 Å². The highest BCUT2D eigenvalue weighted by atomic mass is 16.4. The smallest absolute Gasteiger partial charge is 0.308 e. The molecule has 0 radical (unpaired) electrons. The maximum Gasteiger partial charge on any atom is 0.308 e. The van der Waals surface area contributed by atoms with Gasteiger partial charge in [-0.25, -0.2) is 0 Å². The van der Waals surface area contributed by atoms with Gasteiger partial charge in [0, 0.05) is 13.3 Å². The minimum Gasteiger partial charge on any atom is -0.481 e. The summed E-state index contributed by atoms with van der Waals surface area (Å²) in [4.78, 5) is 28.4. The number of aliphatic carboxylic acids is 3. The predicted molar refractivity (Wildman–Crippen MR) is 58.3 cm³/mol. The normalized spacial score (nSPS) is 8.81. The van der Waals surface area contributed by atoms with Gasteiger partial charge in [-0.1, -0.05) is 6.92 Å². The summed E-state index contributed by atoms with van der Waals surface area (Å²) >= 11 is 0. The summed E-state index contributed by atoms with van der Waals surface area (Å²) < 4.78 is 0. The Hall–Kier alpha value is -1.59. The van der Waals surface area contributed by atoms with E-state index in [-0.39, 0.29) is 6.42 Å². The van der Waals surface area contributed by atoms with Crippen LogP contribution in [0.25, 0.3) is 0 Å². The highest BCUT2D eigenvalue weighted by Crippen LogP contribution is 2.11. The van der Waals surface area contributed by atoms with Gasteiger partial charge in [0.15, 0.2) is 0 Å². The van der Waals surface area contributed by atoms with Crippen molar-refractivity contribution in [3.05, 3.63) is 0 Å². The molecular formula is C10H20O6. The molecule has 0 amide bonds. The van der Waals surface area contributed by atoms with E-state index in [0.29, 0.717) is 0 Å². The first-order valence-corrected chi connectivity index (χ1v) is 4.59. The Labute approximate surface area is 94.9 Å². The van der Waals surface area contributed by atoms with Crippen LogP contribution < -0.4 is 0 Å². The van der Waals surface area contributed by atoms with Crippen LogP contribution >= 0.6 is 0 Å². The molecule has 16 heavy (non-hydrogen) atoms. The zero-order chi connectivity index (χ0) is 13.9. The Morgan fingerprint density at radius 1 is 1.00 bits per heavy atom. The molecule has 3 N–H and O–H groups in total. The number of rotatable bonds is 1. The second-order valence-corrected chi connectivity index (χ2v) is 3.82. The zero-order valence-corrected chi connectivity index (χ0v) is 10.3. The van der Waals surface area contributed by atoms with Crippen molar-refractivity contribution in [1.82, 2.24) is 0 Å². The van der Waals surface area contributed by atoms with Crippen LogP contribution in [0.15, 0.2) is 0 Å². The van der Waals surface area contributed by atoms with E-state index in [9.17, 15) is 9.59 Å². The average Bonchev–Trinajstić information content (AvgIpc) is 2.02. The quantitative estimate of drug-likeness (QED) is 0.638. The molecule has 0 heterocycles. The zero-order valence-electron chi connectivity index (χ0n) is 10.3. The fourth-order valence-corrected chi connectivity index (χ4v) is 0. The molecule has 0 saturated carbocycles. The van der Waals surface area contributed by atoms with Crippen LogP contribution in [0.5, 0.6) is 0 Å². The first-order chi connectivity index (χ1) is 6.95. The van der Waals surface area contributed by atoms with Crippen LogP contribution in [-0.2, 0) is 14.4 Å². The largest absolute Gasteiger partial charge is 0.481 e. The number of carboxylic acid groups (broad SMARTS) is 3. The van der Waals surface area contributed by atoms with Gasteiger partial charge in [-0.05, 0) is 20.8 Å². The van der Waals surface area contributed by atoms with E-state index in [2.05, 4.69) is 0 Å². The maximum atomic E-state index is 10.0. The molecule has 0 bridgehead atoms. The summed E-state index contributed by atoms with van der Waals surface area (Å²) in [5.74, 6) is -2.34. The van der Waals surface area contributed by atoms with Gasteiger partial charge in [0.05, 0.1) is 5.41 Å². The Balaban J connectivity index is -0.000000166. The molecule has 0 rings (SSSR count). The van der Waals surface area contributed by atoms with E-state index in [1.54, 1.807) is 27.7 Å². The molecule has 6 heteroatoms. The van der Waals surface area contributed by atoms with Crippen LogP contribution in [-0.4, -0.2) is 33.2 Å². The third kappa shape index (κ3) is 39.3. The standard InChI is InChI=1S/C5H10O2.C3H6O2.C2H4O2/c1-5(2,3)4(6)7;1-2-3(4)5;1-2(3)4/h1-3H3,(H,6,7);2H2,1H3,(H,4,5);1H3,(H,3,4). The van der Waals surface area contributed by atoms with Gasteiger partial charge in [-0.3, -0.25) is 14.4 Å². The van der Waals surface area contributed by atoms with Crippen molar-refractivity contribution < 1.29 is 29.7 Å². The Kier molecular flexibility index (Phi) is 12.4. The van der Waals surface area contributed by atoms with Crippen LogP contribution in [0.2, 0.25) is 0 Å². The Bertz CT molecular complexity index is 222. The summed E-state index contributed by atoms with van der Waals surface area (Å²) in [5.41, 5.74) is -0.583. The third-order valence-electron chi connectivity index (χ3n) is 0.944. The Morgan fingerprint density at radius 2 is 1.12 bits per heavy atom. The molecule has 0 aromatic carbocycles.